The van der Waals surface area contributed by atoms with Crippen molar-refractivity contribution in [3.8, 4) is 5.69 Å². The van der Waals surface area contributed by atoms with E-state index >= 15 is 0 Å². The first-order valence-electron chi connectivity index (χ1n) is 7.53. The summed E-state index contributed by atoms with van der Waals surface area (Å²) >= 11 is 5.85. The van der Waals surface area contributed by atoms with Gasteiger partial charge in [0.05, 0.1) is 18.1 Å². The molecule has 0 unspecified atom stereocenters. The van der Waals surface area contributed by atoms with E-state index in [1.165, 1.54) is 17.2 Å². The van der Waals surface area contributed by atoms with Crippen molar-refractivity contribution in [1.29, 1.82) is 0 Å². The van der Waals surface area contributed by atoms with Crippen molar-refractivity contribution < 1.29 is 0 Å². The van der Waals surface area contributed by atoms with Crippen LogP contribution in [0.5, 0.6) is 0 Å². The molecule has 4 rings (SSSR count). The largest absolute Gasteiger partial charge is 0.285 e. The van der Waals surface area contributed by atoms with Gasteiger partial charge in [-0.05, 0) is 29.8 Å². The maximum Gasteiger partial charge on any atom is 0.285 e. The van der Waals surface area contributed by atoms with Crippen molar-refractivity contribution in [3.63, 3.8) is 0 Å². The Labute approximate surface area is 147 Å². The van der Waals surface area contributed by atoms with Crippen LogP contribution in [-0.4, -0.2) is 25.7 Å². The van der Waals surface area contributed by atoms with Crippen LogP contribution in [0.1, 0.15) is 5.56 Å². The van der Waals surface area contributed by atoms with Crippen LogP contribution in [0.3, 0.4) is 0 Å². The highest BCUT2D eigenvalue weighted by atomic mass is 35.5. The number of hydrogen-bond donors (Lipinski definition) is 0. The first-order valence-corrected chi connectivity index (χ1v) is 7.91. The van der Waals surface area contributed by atoms with Gasteiger partial charge < -0.3 is 0 Å². The van der Waals surface area contributed by atoms with Gasteiger partial charge in [-0.3, -0.25) is 4.79 Å². The summed E-state index contributed by atoms with van der Waals surface area (Å²) in [5, 5.41) is 9.49. The molecular formula is C18H12ClN5O. The molecule has 0 N–H and O–H groups in total. The van der Waals surface area contributed by atoms with E-state index in [2.05, 4.69) is 15.2 Å². The van der Waals surface area contributed by atoms with Crippen LogP contribution in [0.4, 0.5) is 0 Å². The molecule has 0 radical (unpaired) electrons. The minimum atomic E-state index is -0.280. The molecule has 7 heteroatoms. The van der Waals surface area contributed by atoms with Crippen LogP contribution in [-0.2, 0) is 0 Å². The van der Waals surface area contributed by atoms with E-state index in [-0.39, 0.29) is 5.56 Å². The molecule has 6 nitrogen and oxygen atoms in total. The number of aromatic nitrogens is 4. The van der Waals surface area contributed by atoms with E-state index in [4.69, 9.17) is 11.6 Å². The van der Waals surface area contributed by atoms with Crippen molar-refractivity contribution >= 4 is 28.8 Å². The summed E-state index contributed by atoms with van der Waals surface area (Å²) in [4.78, 5) is 16.9. The summed E-state index contributed by atoms with van der Waals surface area (Å²) in [6.07, 6.45) is 4.47. The third-order valence-corrected chi connectivity index (χ3v) is 3.93. The molecule has 0 fully saturated rings. The number of benzene rings is 2. The summed E-state index contributed by atoms with van der Waals surface area (Å²) in [7, 11) is 0. The summed E-state index contributed by atoms with van der Waals surface area (Å²) < 4.78 is 2.82. The average molecular weight is 350 g/mol. The number of para-hydroxylation sites is 1. The van der Waals surface area contributed by atoms with Crippen molar-refractivity contribution in [3.05, 3.63) is 88.1 Å². The normalized spacial score (nSPS) is 11.4. The lowest BCUT2D eigenvalue weighted by molar-refractivity contribution is 0.809. The Morgan fingerprint density at radius 3 is 2.56 bits per heavy atom. The standard InChI is InChI=1S/C18H12ClN5O/c19-14-8-6-13(7-9-14)10-21-23-12-20-17-16(18(23)25)11-22-24(17)15-4-2-1-3-5-15/h1-12H. The number of nitrogens with zero attached hydrogens (tertiary/aromatic N) is 5. The second-order valence-electron chi connectivity index (χ2n) is 5.32. The summed E-state index contributed by atoms with van der Waals surface area (Å²) in [6.45, 7) is 0. The highest BCUT2D eigenvalue weighted by Crippen LogP contribution is 2.13. The zero-order valence-corrected chi connectivity index (χ0v) is 13.7. The molecule has 0 saturated carbocycles. The van der Waals surface area contributed by atoms with Gasteiger partial charge in [0, 0.05) is 5.02 Å². The second-order valence-corrected chi connectivity index (χ2v) is 5.76. The highest BCUT2D eigenvalue weighted by molar-refractivity contribution is 6.30. The van der Waals surface area contributed by atoms with Gasteiger partial charge in [-0.1, -0.05) is 41.9 Å². The summed E-state index contributed by atoms with van der Waals surface area (Å²) in [5.74, 6) is 0. The van der Waals surface area contributed by atoms with Crippen molar-refractivity contribution in [2.45, 2.75) is 0 Å². The van der Waals surface area contributed by atoms with Crippen molar-refractivity contribution in [2.24, 2.45) is 5.10 Å². The van der Waals surface area contributed by atoms with Gasteiger partial charge in [-0.2, -0.15) is 14.9 Å². The predicted molar refractivity (Wildman–Crippen MR) is 97.6 cm³/mol. The molecule has 0 aliphatic heterocycles. The molecular weight excluding hydrogens is 338 g/mol. The molecule has 0 atom stereocenters. The lowest BCUT2D eigenvalue weighted by Gasteiger charge is -2.02. The number of hydrogen-bond acceptors (Lipinski definition) is 4. The molecule has 2 heterocycles. The Balaban J connectivity index is 1.74. The first-order chi connectivity index (χ1) is 12.2. The Kier molecular flexibility index (Phi) is 3.87. The molecule has 122 valence electrons. The number of rotatable bonds is 3. The van der Waals surface area contributed by atoms with Gasteiger partial charge in [0.15, 0.2) is 5.65 Å². The van der Waals surface area contributed by atoms with E-state index in [1.54, 1.807) is 23.0 Å². The van der Waals surface area contributed by atoms with E-state index < -0.39 is 0 Å². The summed E-state index contributed by atoms with van der Waals surface area (Å²) in [6, 6.07) is 16.7. The Bertz CT molecular complexity index is 1110. The number of halogens is 1. The highest BCUT2D eigenvalue weighted by Gasteiger charge is 2.10. The molecule has 4 aromatic rings. The van der Waals surface area contributed by atoms with Gasteiger partial charge in [0.1, 0.15) is 11.7 Å². The SMILES string of the molecule is O=c1c2cnn(-c3ccccc3)c2ncn1N=Cc1ccc(Cl)cc1. The van der Waals surface area contributed by atoms with Gasteiger partial charge in [0.25, 0.3) is 5.56 Å². The van der Waals surface area contributed by atoms with Crippen LogP contribution in [0.15, 0.2) is 77.0 Å². The lowest BCUT2D eigenvalue weighted by atomic mass is 10.2. The van der Waals surface area contributed by atoms with Crippen LogP contribution in [0, 0.1) is 0 Å². The molecule has 0 bridgehead atoms. The zero-order valence-electron chi connectivity index (χ0n) is 13.0. The van der Waals surface area contributed by atoms with Gasteiger partial charge in [-0.15, -0.1) is 0 Å². The smallest absolute Gasteiger partial charge is 0.266 e. The van der Waals surface area contributed by atoms with Crippen LogP contribution in [0.2, 0.25) is 5.02 Å². The van der Waals surface area contributed by atoms with Crippen LogP contribution < -0.4 is 5.56 Å². The lowest BCUT2D eigenvalue weighted by Crippen LogP contribution is -2.17. The molecule has 0 aliphatic rings. The molecule has 0 spiro atoms. The topological polar surface area (TPSA) is 65.1 Å². The monoisotopic (exact) mass is 349 g/mol. The third kappa shape index (κ3) is 2.95. The van der Waals surface area contributed by atoms with E-state index in [1.807, 2.05) is 42.5 Å². The minimum absolute atomic E-state index is 0.280. The molecule has 0 amide bonds. The minimum Gasteiger partial charge on any atom is -0.266 e. The first kappa shape index (κ1) is 15.3. The fourth-order valence-electron chi connectivity index (χ4n) is 2.42. The molecule has 0 aliphatic carbocycles. The maximum atomic E-state index is 12.6. The van der Waals surface area contributed by atoms with Crippen LogP contribution >= 0.6 is 11.6 Å². The van der Waals surface area contributed by atoms with Gasteiger partial charge >= 0.3 is 0 Å². The molecule has 2 aromatic carbocycles. The average Bonchev–Trinajstić information content (AvgIpc) is 3.08. The van der Waals surface area contributed by atoms with E-state index in [0.29, 0.717) is 16.1 Å². The maximum absolute atomic E-state index is 12.6. The third-order valence-electron chi connectivity index (χ3n) is 3.67. The quantitative estimate of drug-likeness (QED) is 0.534. The Morgan fingerprint density at radius 1 is 1.04 bits per heavy atom. The van der Waals surface area contributed by atoms with Gasteiger partial charge in [0.2, 0.25) is 0 Å². The van der Waals surface area contributed by atoms with Crippen molar-refractivity contribution in [2.75, 3.05) is 0 Å². The molecule has 2 aromatic heterocycles. The fraction of sp³-hybridized carbons (Fsp3) is 0. The van der Waals surface area contributed by atoms with Crippen LogP contribution in [0.25, 0.3) is 16.7 Å². The Morgan fingerprint density at radius 2 is 1.80 bits per heavy atom. The van der Waals surface area contributed by atoms with Crippen molar-refractivity contribution in [1.82, 2.24) is 19.4 Å². The zero-order chi connectivity index (χ0) is 17.2. The molecule has 25 heavy (non-hydrogen) atoms. The number of fused-ring (bicyclic) bond motifs is 1. The second kappa shape index (κ2) is 6.33. The van der Waals surface area contributed by atoms with Gasteiger partial charge in [-0.25, -0.2) is 9.67 Å². The fourth-order valence-corrected chi connectivity index (χ4v) is 2.55. The predicted octanol–water partition coefficient (Wildman–Crippen LogP) is 3.12. The van der Waals surface area contributed by atoms with E-state index in [9.17, 15) is 4.79 Å². The summed E-state index contributed by atoms with van der Waals surface area (Å²) in [5.41, 5.74) is 1.88. The molecule has 0 saturated heterocycles. The Hall–Kier alpha value is -3.25. The van der Waals surface area contributed by atoms with E-state index in [0.717, 1.165) is 11.3 Å².